The van der Waals surface area contributed by atoms with Crippen molar-refractivity contribution in [3.63, 3.8) is 0 Å². The Morgan fingerprint density at radius 3 is 2.50 bits per heavy atom. The van der Waals surface area contributed by atoms with Crippen LogP contribution < -0.4 is 0 Å². The first-order chi connectivity index (χ1) is 8.63. The molecule has 100 valence electrons. The molecule has 1 unspecified atom stereocenters. The van der Waals surface area contributed by atoms with Crippen LogP contribution in [0.4, 0.5) is 0 Å². The summed E-state index contributed by atoms with van der Waals surface area (Å²) in [6, 6.07) is 10.3. The number of carboxylic acid groups (broad SMARTS) is 1. The zero-order chi connectivity index (χ0) is 13.4. The second-order valence-corrected chi connectivity index (χ2v) is 4.78. The smallest absolute Gasteiger partial charge is 0.307 e. The molecule has 3 nitrogen and oxygen atoms in total. The Balaban J connectivity index is 2.45. The highest BCUT2D eigenvalue weighted by molar-refractivity contribution is 5.69. The standard InChI is InChI=1S/C15H23NO2/c1-3-10-16(12-13(2)15(17)18)11-9-14-7-5-4-6-8-14/h4-8,13H,3,9-12H2,1-2H3,(H,17,18). The number of hydrogen-bond donors (Lipinski definition) is 1. The molecule has 0 aliphatic rings. The first-order valence-corrected chi connectivity index (χ1v) is 6.62. The highest BCUT2D eigenvalue weighted by atomic mass is 16.4. The molecule has 1 N–H and O–H groups in total. The summed E-state index contributed by atoms with van der Waals surface area (Å²) >= 11 is 0. The van der Waals surface area contributed by atoms with Crippen molar-refractivity contribution in [2.24, 2.45) is 5.92 Å². The lowest BCUT2D eigenvalue weighted by Crippen LogP contribution is -2.34. The van der Waals surface area contributed by atoms with Crippen LogP contribution in [0, 0.1) is 5.92 Å². The average molecular weight is 249 g/mol. The van der Waals surface area contributed by atoms with Gasteiger partial charge in [-0.15, -0.1) is 0 Å². The van der Waals surface area contributed by atoms with Gasteiger partial charge in [-0.25, -0.2) is 0 Å². The van der Waals surface area contributed by atoms with Gasteiger partial charge in [0.25, 0.3) is 0 Å². The summed E-state index contributed by atoms with van der Waals surface area (Å²) < 4.78 is 0. The normalized spacial score (nSPS) is 12.6. The molecule has 0 heterocycles. The number of carboxylic acids is 1. The van der Waals surface area contributed by atoms with Crippen LogP contribution in [0.2, 0.25) is 0 Å². The van der Waals surface area contributed by atoms with Crippen LogP contribution in [-0.4, -0.2) is 35.6 Å². The van der Waals surface area contributed by atoms with Crippen LogP contribution >= 0.6 is 0 Å². The van der Waals surface area contributed by atoms with Crippen molar-refractivity contribution in [2.45, 2.75) is 26.7 Å². The van der Waals surface area contributed by atoms with Gasteiger partial charge in [0.1, 0.15) is 0 Å². The van der Waals surface area contributed by atoms with E-state index in [1.54, 1.807) is 6.92 Å². The molecule has 1 aromatic carbocycles. The number of aliphatic carboxylic acids is 1. The summed E-state index contributed by atoms with van der Waals surface area (Å²) in [4.78, 5) is 13.1. The third-order valence-corrected chi connectivity index (χ3v) is 3.05. The quantitative estimate of drug-likeness (QED) is 0.770. The van der Waals surface area contributed by atoms with E-state index in [4.69, 9.17) is 5.11 Å². The van der Waals surface area contributed by atoms with Crippen LogP contribution in [0.5, 0.6) is 0 Å². The number of carbonyl (C=O) groups is 1. The van der Waals surface area contributed by atoms with Crippen molar-refractivity contribution in [1.82, 2.24) is 4.90 Å². The summed E-state index contributed by atoms with van der Waals surface area (Å²) in [5, 5.41) is 8.96. The van der Waals surface area contributed by atoms with Gasteiger partial charge in [-0.05, 0) is 24.9 Å². The second-order valence-electron chi connectivity index (χ2n) is 4.78. The van der Waals surface area contributed by atoms with Crippen molar-refractivity contribution in [3.8, 4) is 0 Å². The van der Waals surface area contributed by atoms with Gasteiger partial charge in [-0.2, -0.15) is 0 Å². The van der Waals surface area contributed by atoms with E-state index in [9.17, 15) is 4.79 Å². The molecule has 0 bridgehead atoms. The zero-order valence-electron chi connectivity index (χ0n) is 11.3. The molecule has 0 spiro atoms. The lowest BCUT2D eigenvalue weighted by Gasteiger charge is -2.23. The van der Waals surface area contributed by atoms with Gasteiger partial charge in [0, 0.05) is 13.1 Å². The van der Waals surface area contributed by atoms with Gasteiger partial charge in [-0.1, -0.05) is 44.2 Å². The monoisotopic (exact) mass is 249 g/mol. The summed E-state index contributed by atoms with van der Waals surface area (Å²) in [5.41, 5.74) is 1.31. The van der Waals surface area contributed by atoms with E-state index >= 15 is 0 Å². The van der Waals surface area contributed by atoms with Gasteiger partial charge in [0.05, 0.1) is 5.92 Å². The van der Waals surface area contributed by atoms with Crippen molar-refractivity contribution in [3.05, 3.63) is 35.9 Å². The molecule has 1 aromatic rings. The van der Waals surface area contributed by atoms with Crippen LogP contribution in [0.15, 0.2) is 30.3 Å². The van der Waals surface area contributed by atoms with E-state index < -0.39 is 5.97 Å². The van der Waals surface area contributed by atoms with Crippen LogP contribution in [0.25, 0.3) is 0 Å². The molecular weight excluding hydrogens is 226 g/mol. The van der Waals surface area contributed by atoms with Gasteiger partial charge in [0.2, 0.25) is 0 Å². The van der Waals surface area contributed by atoms with E-state index in [0.29, 0.717) is 6.54 Å². The molecule has 0 radical (unpaired) electrons. The Bertz CT molecular complexity index is 351. The summed E-state index contributed by atoms with van der Waals surface area (Å²) in [6.45, 7) is 6.42. The molecule has 0 fully saturated rings. The molecule has 18 heavy (non-hydrogen) atoms. The number of hydrogen-bond acceptors (Lipinski definition) is 2. The van der Waals surface area contributed by atoms with E-state index in [1.165, 1.54) is 5.56 Å². The number of rotatable bonds is 8. The lowest BCUT2D eigenvalue weighted by molar-refractivity contribution is -0.141. The van der Waals surface area contributed by atoms with E-state index in [1.807, 2.05) is 18.2 Å². The minimum Gasteiger partial charge on any atom is -0.481 e. The van der Waals surface area contributed by atoms with E-state index in [-0.39, 0.29) is 5.92 Å². The number of nitrogens with zero attached hydrogens (tertiary/aromatic N) is 1. The molecule has 0 aromatic heterocycles. The lowest BCUT2D eigenvalue weighted by atomic mass is 10.1. The number of benzene rings is 1. The summed E-state index contributed by atoms with van der Waals surface area (Å²) in [5.74, 6) is -1.01. The Labute approximate surface area is 109 Å². The van der Waals surface area contributed by atoms with Crippen molar-refractivity contribution in [2.75, 3.05) is 19.6 Å². The second kappa shape index (κ2) is 7.88. The van der Waals surface area contributed by atoms with Crippen LogP contribution in [0.1, 0.15) is 25.8 Å². The highest BCUT2D eigenvalue weighted by Crippen LogP contribution is 2.05. The molecule has 0 saturated heterocycles. The topological polar surface area (TPSA) is 40.5 Å². The molecule has 1 atom stereocenters. The zero-order valence-corrected chi connectivity index (χ0v) is 11.3. The third kappa shape index (κ3) is 5.32. The largest absolute Gasteiger partial charge is 0.481 e. The molecule has 0 aliphatic carbocycles. The van der Waals surface area contributed by atoms with Crippen molar-refractivity contribution < 1.29 is 9.90 Å². The Morgan fingerprint density at radius 2 is 1.94 bits per heavy atom. The molecule has 0 amide bonds. The minimum atomic E-state index is -0.712. The summed E-state index contributed by atoms with van der Waals surface area (Å²) in [6.07, 6.45) is 2.04. The SMILES string of the molecule is CCCN(CCc1ccccc1)CC(C)C(=O)O. The minimum absolute atomic E-state index is 0.299. The maximum Gasteiger partial charge on any atom is 0.307 e. The molecule has 0 aliphatic heterocycles. The van der Waals surface area contributed by atoms with E-state index in [2.05, 4.69) is 24.0 Å². The highest BCUT2D eigenvalue weighted by Gasteiger charge is 2.15. The van der Waals surface area contributed by atoms with Crippen LogP contribution in [0.3, 0.4) is 0 Å². The molecular formula is C15H23NO2. The average Bonchev–Trinajstić information content (AvgIpc) is 2.37. The maximum absolute atomic E-state index is 10.9. The third-order valence-electron chi connectivity index (χ3n) is 3.05. The fourth-order valence-corrected chi connectivity index (χ4v) is 2.01. The first-order valence-electron chi connectivity index (χ1n) is 6.62. The van der Waals surface area contributed by atoms with Crippen molar-refractivity contribution in [1.29, 1.82) is 0 Å². The predicted octanol–water partition coefficient (Wildman–Crippen LogP) is 2.66. The maximum atomic E-state index is 10.9. The predicted molar refractivity (Wildman–Crippen MR) is 73.7 cm³/mol. The Hall–Kier alpha value is -1.35. The van der Waals surface area contributed by atoms with E-state index in [0.717, 1.165) is 25.9 Å². The Morgan fingerprint density at radius 1 is 1.28 bits per heavy atom. The van der Waals surface area contributed by atoms with Gasteiger partial charge in [-0.3, -0.25) is 4.79 Å². The summed E-state index contributed by atoms with van der Waals surface area (Å²) in [7, 11) is 0. The first kappa shape index (κ1) is 14.7. The van der Waals surface area contributed by atoms with Crippen LogP contribution in [-0.2, 0) is 11.2 Å². The van der Waals surface area contributed by atoms with Gasteiger partial charge >= 0.3 is 5.97 Å². The molecule has 1 rings (SSSR count). The molecule has 0 saturated carbocycles. The fourth-order valence-electron chi connectivity index (χ4n) is 2.01. The fraction of sp³-hybridized carbons (Fsp3) is 0.533. The van der Waals surface area contributed by atoms with Gasteiger partial charge < -0.3 is 10.0 Å². The Kier molecular flexibility index (Phi) is 6.44. The van der Waals surface area contributed by atoms with Crippen molar-refractivity contribution >= 4 is 5.97 Å². The molecule has 3 heteroatoms. The van der Waals surface area contributed by atoms with Gasteiger partial charge in [0.15, 0.2) is 0 Å².